The Kier molecular flexibility index (Phi) is 4.92. The summed E-state index contributed by atoms with van der Waals surface area (Å²) in [5.41, 5.74) is 2.60. The van der Waals surface area contributed by atoms with E-state index in [0.29, 0.717) is 5.56 Å². The van der Waals surface area contributed by atoms with Crippen LogP contribution >= 0.6 is 0 Å². The maximum absolute atomic E-state index is 12.8. The van der Waals surface area contributed by atoms with Crippen LogP contribution < -0.4 is 4.74 Å². The summed E-state index contributed by atoms with van der Waals surface area (Å²) in [5, 5.41) is 0. The van der Waals surface area contributed by atoms with Crippen LogP contribution in [0.4, 0.5) is 22.0 Å². The molecule has 123 valence electrons. The molecule has 0 saturated heterocycles. The normalized spacial score (nSPS) is 12.3. The summed E-state index contributed by atoms with van der Waals surface area (Å²) in [5.74, 6) is -0.551. The van der Waals surface area contributed by atoms with E-state index in [1.54, 1.807) is 0 Å². The van der Waals surface area contributed by atoms with Crippen LogP contribution in [0.15, 0.2) is 48.5 Å². The Balaban J connectivity index is 2.18. The molecule has 0 saturated carbocycles. The standard InChI is InChI=1S/C17H14F5O/c1-2-4-12-5-3-6-14(11-12)13-7-9-15(10-8-13)23-17(21,22)16(18,19)20/h3,5-11H,1-2,4H2. The van der Waals surface area contributed by atoms with E-state index in [2.05, 4.69) is 11.7 Å². The van der Waals surface area contributed by atoms with Crippen LogP contribution in [0.1, 0.15) is 12.0 Å². The highest BCUT2D eigenvalue weighted by Gasteiger charge is 2.61. The monoisotopic (exact) mass is 329 g/mol. The molecule has 0 atom stereocenters. The first-order chi connectivity index (χ1) is 10.7. The van der Waals surface area contributed by atoms with Gasteiger partial charge in [0.15, 0.2) is 0 Å². The Bertz CT molecular complexity index is 647. The zero-order chi connectivity index (χ0) is 17.1. The van der Waals surface area contributed by atoms with Crippen LogP contribution in [0.5, 0.6) is 5.75 Å². The molecule has 23 heavy (non-hydrogen) atoms. The van der Waals surface area contributed by atoms with Gasteiger partial charge in [0, 0.05) is 0 Å². The third-order valence-electron chi connectivity index (χ3n) is 3.16. The fraction of sp³-hybridized carbons (Fsp3) is 0.235. The second-order valence-corrected chi connectivity index (χ2v) is 4.94. The number of rotatable bonds is 5. The van der Waals surface area contributed by atoms with Crippen molar-refractivity contribution < 1.29 is 26.7 Å². The Hall–Kier alpha value is -2.11. The molecule has 0 fully saturated rings. The van der Waals surface area contributed by atoms with E-state index in [0.717, 1.165) is 36.1 Å². The maximum atomic E-state index is 12.8. The lowest BCUT2D eigenvalue weighted by Crippen LogP contribution is -2.41. The zero-order valence-electron chi connectivity index (χ0n) is 12.0. The summed E-state index contributed by atoms with van der Waals surface area (Å²) in [6.45, 7) is 3.77. The van der Waals surface area contributed by atoms with Gasteiger partial charge in [-0.15, -0.1) is 0 Å². The average Bonchev–Trinajstić information content (AvgIpc) is 2.47. The van der Waals surface area contributed by atoms with Crippen LogP contribution in [0.3, 0.4) is 0 Å². The first-order valence-electron chi connectivity index (χ1n) is 6.85. The Morgan fingerprint density at radius 1 is 0.870 bits per heavy atom. The summed E-state index contributed by atoms with van der Waals surface area (Å²) in [6, 6.07) is 12.6. The highest BCUT2D eigenvalue weighted by Crippen LogP contribution is 2.37. The summed E-state index contributed by atoms with van der Waals surface area (Å²) < 4.78 is 65.7. The van der Waals surface area contributed by atoms with Crippen molar-refractivity contribution in [1.29, 1.82) is 0 Å². The number of hydrogen-bond donors (Lipinski definition) is 0. The molecule has 0 amide bonds. The van der Waals surface area contributed by atoms with Crippen molar-refractivity contribution in [3.8, 4) is 16.9 Å². The van der Waals surface area contributed by atoms with Gasteiger partial charge in [-0.2, -0.15) is 22.0 Å². The van der Waals surface area contributed by atoms with E-state index in [-0.39, 0.29) is 0 Å². The van der Waals surface area contributed by atoms with Crippen molar-refractivity contribution in [1.82, 2.24) is 0 Å². The molecular formula is C17H14F5O. The summed E-state index contributed by atoms with van der Waals surface area (Å²) in [6.07, 6.45) is -9.44. The molecule has 0 bridgehead atoms. The van der Waals surface area contributed by atoms with Crippen molar-refractivity contribution >= 4 is 0 Å². The van der Waals surface area contributed by atoms with Crippen LogP contribution in [-0.2, 0) is 6.42 Å². The Labute approximate surface area is 130 Å². The molecule has 2 aromatic carbocycles. The number of ether oxygens (including phenoxy) is 1. The fourth-order valence-corrected chi connectivity index (χ4v) is 2.03. The van der Waals surface area contributed by atoms with Gasteiger partial charge in [0.1, 0.15) is 5.75 Å². The van der Waals surface area contributed by atoms with Crippen molar-refractivity contribution in [3.63, 3.8) is 0 Å². The third-order valence-corrected chi connectivity index (χ3v) is 3.16. The molecule has 0 spiro atoms. The number of halogens is 5. The minimum absolute atomic E-state index is 0.551. The summed E-state index contributed by atoms with van der Waals surface area (Å²) in [4.78, 5) is 0. The number of aryl methyl sites for hydroxylation is 1. The smallest absolute Gasteiger partial charge is 0.426 e. The molecule has 0 unspecified atom stereocenters. The zero-order valence-corrected chi connectivity index (χ0v) is 12.0. The van der Waals surface area contributed by atoms with Gasteiger partial charge in [-0.1, -0.05) is 43.3 Å². The van der Waals surface area contributed by atoms with Gasteiger partial charge in [0.25, 0.3) is 0 Å². The lowest BCUT2D eigenvalue weighted by molar-refractivity contribution is -0.360. The van der Waals surface area contributed by atoms with E-state index >= 15 is 0 Å². The van der Waals surface area contributed by atoms with Crippen molar-refractivity contribution in [2.75, 3.05) is 0 Å². The molecule has 0 aromatic heterocycles. The van der Waals surface area contributed by atoms with Gasteiger partial charge in [0.2, 0.25) is 0 Å². The van der Waals surface area contributed by atoms with Gasteiger partial charge >= 0.3 is 12.3 Å². The van der Waals surface area contributed by atoms with E-state index in [4.69, 9.17) is 0 Å². The predicted molar refractivity (Wildman–Crippen MR) is 77.2 cm³/mol. The lowest BCUT2D eigenvalue weighted by atomic mass is 10.0. The SMILES string of the molecule is [CH2]CCc1cccc(-c2ccc(OC(F)(F)C(F)(F)F)cc2)c1. The second kappa shape index (κ2) is 6.56. The van der Waals surface area contributed by atoms with Gasteiger partial charge in [-0.25, -0.2) is 0 Å². The predicted octanol–water partition coefficient (Wildman–Crippen LogP) is 5.65. The highest BCUT2D eigenvalue weighted by molar-refractivity contribution is 5.64. The second-order valence-electron chi connectivity index (χ2n) is 4.94. The number of benzene rings is 2. The minimum Gasteiger partial charge on any atom is -0.426 e. The molecule has 1 nitrogen and oxygen atoms in total. The first-order valence-corrected chi connectivity index (χ1v) is 6.85. The van der Waals surface area contributed by atoms with E-state index < -0.39 is 18.0 Å². The molecule has 1 radical (unpaired) electrons. The molecule has 0 aliphatic rings. The van der Waals surface area contributed by atoms with E-state index in [1.807, 2.05) is 24.3 Å². The topological polar surface area (TPSA) is 9.23 Å². The third kappa shape index (κ3) is 4.21. The van der Waals surface area contributed by atoms with Gasteiger partial charge in [-0.05, 0) is 41.7 Å². The first kappa shape index (κ1) is 17.2. The summed E-state index contributed by atoms with van der Waals surface area (Å²) in [7, 11) is 0. The molecule has 0 heterocycles. The van der Waals surface area contributed by atoms with Gasteiger partial charge in [-0.3, -0.25) is 0 Å². The van der Waals surface area contributed by atoms with E-state index in [1.165, 1.54) is 12.1 Å². The van der Waals surface area contributed by atoms with Crippen molar-refractivity contribution in [2.24, 2.45) is 0 Å². The van der Waals surface area contributed by atoms with Crippen LogP contribution in [0.2, 0.25) is 0 Å². The number of hydrogen-bond acceptors (Lipinski definition) is 1. The summed E-state index contributed by atoms with van der Waals surface area (Å²) >= 11 is 0. The maximum Gasteiger partial charge on any atom is 0.499 e. The lowest BCUT2D eigenvalue weighted by Gasteiger charge is -2.20. The molecule has 0 aliphatic heterocycles. The molecule has 0 N–H and O–H groups in total. The average molecular weight is 329 g/mol. The van der Waals surface area contributed by atoms with Gasteiger partial charge < -0.3 is 4.74 Å². The van der Waals surface area contributed by atoms with Crippen molar-refractivity contribution in [2.45, 2.75) is 25.1 Å². The molecular weight excluding hydrogens is 315 g/mol. The molecule has 2 aromatic rings. The quantitative estimate of drug-likeness (QED) is 0.644. The van der Waals surface area contributed by atoms with Gasteiger partial charge in [0.05, 0.1) is 0 Å². The minimum atomic E-state index is -5.76. The van der Waals surface area contributed by atoms with Crippen LogP contribution in [0.25, 0.3) is 11.1 Å². The Morgan fingerprint density at radius 3 is 2.09 bits per heavy atom. The molecule has 2 rings (SSSR count). The highest BCUT2D eigenvalue weighted by atomic mass is 19.4. The Morgan fingerprint density at radius 2 is 1.52 bits per heavy atom. The largest absolute Gasteiger partial charge is 0.499 e. The van der Waals surface area contributed by atoms with E-state index in [9.17, 15) is 22.0 Å². The molecule has 0 aliphatic carbocycles. The molecule has 6 heteroatoms. The van der Waals surface area contributed by atoms with Crippen LogP contribution in [0, 0.1) is 6.92 Å². The fourth-order valence-electron chi connectivity index (χ4n) is 2.03. The van der Waals surface area contributed by atoms with Crippen LogP contribution in [-0.4, -0.2) is 12.3 Å². The number of alkyl halides is 5. The van der Waals surface area contributed by atoms with Crippen molar-refractivity contribution in [3.05, 3.63) is 61.0 Å².